The molecule has 1 atom stereocenters. The molecular formula is C14H19NOS. The van der Waals surface area contributed by atoms with E-state index in [1.165, 1.54) is 23.3 Å². The fourth-order valence-corrected chi connectivity index (χ4v) is 4.05. The molecule has 1 saturated carbocycles. The molecule has 1 aliphatic heterocycles. The Hall–Kier alpha value is -0.510. The smallest absolute Gasteiger partial charge is 0.0771 e. The van der Waals surface area contributed by atoms with E-state index in [1.807, 2.05) is 11.8 Å². The molecule has 0 radical (unpaired) electrons. The highest BCUT2D eigenvalue weighted by Crippen LogP contribution is 2.38. The van der Waals surface area contributed by atoms with E-state index in [1.54, 1.807) is 0 Å². The Kier molecular flexibility index (Phi) is 3.16. The standard InChI is InChI=1S/C14H19NOS/c16-14(7-3-4-8-14)10-15-12-9-17-13-6-2-1-5-11(12)13/h1-2,5-6,12,15-16H,3-4,7-10H2. The first-order chi connectivity index (χ1) is 8.27. The van der Waals surface area contributed by atoms with Gasteiger partial charge in [0, 0.05) is 23.2 Å². The van der Waals surface area contributed by atoms with Crippen LogP contribution in [0.15, 0.2) is 29.2 Å². The highest BCUT2D eigenvalue weighted by atomic mass is 32.2. The highest BCUT2D eigenvalue weighted by Gasteiger charge is 2.32. The zero-order valence-corrected chi connectivity index (χ0v) is 10.8. The summed E-state index contributed by atoms with van der Waals surface area (Å²) in [5.74, 6) is 1.09. The van der Waals surface area contributed by atoms with Gasteiger partial charge in [0.15, 0.2) is 0 Å². The zero-order valence-electron chi connectivity index (χ0n) is 9.98. The topological polar surface area (TPSA) is 32.3 Å². The molecule has 2 nitrogen and oxygen atoms in total. The lowest BCUT2D eigenvalue weighted by atomic mass is 10.0. The summed E-state index contributed by atoms with van der Waals surface area (Å²) in [4.78, 5) is 1.39. The van der Waals surface area contributed by atoms with E-state index in [9.17, 15) is 5.11 Å². The Balaban J connectivity index is 1.64. The van der Waals surface area contributed by atoms with Gasteiger partial charge in [-0.2, -0.15) is 0 Å². The lowest BCUT2D eigenvalue weighted by molar-refractivity contribution is 0.0455. The molecule has 0 saturated heterocycles. The number of aliphatic hydroxyl groups is 1. The number of hydrogen-bond donors (Lipinski definition) is 2. The summed E-state index contributed by atoms with van der Waals surface area (Å²) in [7, 11) is 0. The van der Waals surface area contributed by atoms with Crippen molar-refractivity contribution in [1.82, 2.24) is 5.32 Å². The monoisotopic (exact) mass is 249 g/mol. The van der Waals surface area contributed by atoms with Crippen LogP contribution in [0.2, 0.25) is 0 Å². The molecule has 1 aliphatic carbocycles. The second-order valence-electron chi connectivity index (χ2n) is 5.21. The lowest BCUT2D eigenvalue weighted by Gasteiger charge is -2.25. The summed E-state index contributed by atoms with van der Waals surface area (Å²) in [6.45, 7) is 0.743. The summed E-state index contributed by atoms with van der Waals surface area (Å²) in [6, 6.07) is 9.00. The lowest BCUT2D eigenvalue weighted by Crippen LogP contribution is -2.39. The van der Waals surface area contributed by atoms with Crippen molar-refractivity contribution in [2.24, 2.45) is 0 Å². The van der Waals surface area contributed by atoms with Crippen LogP contribution in [0.4, 0.5) is 0 Å². The van der Waals surface area contributed by atoms with Crippen LogP contribution in [-0.4, -0.2) is 23.0 Å². The van der Waals surface area contributed by atoms with Crippen molar-refractivity contribution in [2.45, 2.75) is 42.2 Å². The van der Waals surface area contributed by atoms with Gasteiger partial charge < -0.3 is 10.4 Å². The molecule has 1 aromatic rings. The van der Waals surface area contributed by atoms with Crippen molar-refractivity contribution in [3.8, 4) is 0 Å². The van der Waals surface area contributed by atoms with Crippen LogP contribution < -0.4 is 5.32 Å². The molecule has 1 unspecified atom stereocenters. The van der Waals surface area contributed by atoms with Gasteiger partial charge in [0.05, 0.1) is 5.60 Å². The van der Waals surface area contributed by atoms with Gasteiger partial charge in [0.1, 0.15) is 0 Å². The van der Waals surface area contributed by atoms with Gasteiger partial charge in [-0.05, 0) is 24.5 Å². The quantitative estimate of drug-likeness (QED) is 0.864. The normalized spacial score (nSPS) is 26.1. The first kappa shape index (κ1) is 11.6. The van der Waals surface area contributed by atoms with Crippen LogP contribution in [-0.2, 0) is 0 Å². The molecule has 92 valence electrons. The number of benzene rings is 1. The number of thioether (sulfide) groups is 1. The second kappa shape index (κ2) is 4.63. The first-order valence-corrected chi connectivity index (χ1v) is 7.43. The molecule has 1 aromatic carbocycles. The van der Waals surface area contributed by atoms with Crippen LogP contribution in [0, 0.1) is 0 Å². The Morgan fingerprint density at radius 3 is 2.88 bits per heavy atom. The maximum absolute atomic E-state index is 10.3. The van der Waals surface area contributed by atoms with E-state index in [0.717, 1.165) is 25.1 Å². The molecule has 3 rings (SSSR count). The Bertz CT molecular complexity index is 401. The summed E-state index contributed by atoms with van der Waals surface area (Å²) >= 11 is 1.91. The van der Waals surface area contributed by atoms with Gasteiger partial charge in [0.2, 0.25) is 0 Å². The van der Waals surface area contributed by atoms with Crippen LogP contribution in [0.25, 0.3) is 0 Å². The van der Waals surface area contributed by atoms with Gasteiger partial charge in [-0.3, -0.25) is 0 Å². The molecule has 0 aromatic heterocycles. The highest BCUT2D eigenvalue weighted by molar-refractivity contribution is 7.99. The first-order valence-electron chi connectivity index (χ1n) is 6.44. The van der Waals surface area contributed by atoms with Gasteiger partial charge in [-0.15, -0.1) is 11.8 Å². The van der Waals surface area contributed by atoms with Crippen molar-refractivity contribution in [3.05, 3.63) is 29.8 Å². The van der Waals surface area contributed by atoms with Crippen molar-refractivity contribution >= 4 is 11.8 Å². The number of rotatable bonds is 3. The van der Waals surface area contributed by atoms with Gasteiger partial charge in [-0.25, -0.2) is 0 Å². The summed E-state index contributed by atoms with van der Waals surface area (Å²) in [5, 5.41) is 13.9. The van der Waals surface area contributed by atoms with Gasteiger partial charge >= 0.3 is 0 Å². The molecule has 2 N–H and O–H groups in total. The van der Waals surface area contributed by atoms with E-state index < -0.39 is 5.60 Å². The van der Waals surface area contributed by atoms with E-state index in [-0.39, 0.29) is 0 Å². The largest absolute Gasteiger partial charge is 0.389 e. The minimum absolute atomic E-state index is 0.417. The Labute approximate surface area is 107 Å². The summed E-state index contributed by atoms with van der Waals surface area (Å²) in [6.07, 6.45) is 4.27. The van der Waals surface area contributed by atoms with Crippen molar-refractivity contribution in [3.63, 3.8) is 0 Å². The third-order valence-corrected chi connectivity index (χ3v) is 5.09. The summed E-state index contributed by atoms with van der Waals surface area (Å²) in [5.41, 5.74) is 0.960. The van der Waals surface area contributed by atoms with E-state index in [4.69, 9.17) is 0 Å². The fraction of sp³-hybridized carbons (Fsp3) is 0.571. The Morgan fingerprint density at radius 1 is 1.29 bits per heavy atom. The maximum Gasteiger partial charge on any atom is 0.0771 e. The van der Waals surface area contributed by atoms with Gasteiger partial charge in [0.25, 0.3) is 0 Å². The van der Waals surface area contributed by atoms with E-state index in [0.29, 0.717) is 6.04 Å². The van der Waals surface area contributed by atoms with E-state index in [2.05, 4.69) is 29.6 Å². The fourth-order valence-electron chi connectivity index (χ4n) is 2.85. The second-order valence-corrected chi connectivity index (χ2v) is 6.28. The molecule has 1 heterocycles. The molecule has 0 bridgehead atoms. The number of nitrogens with one attached hydrogen (secondary N) is 1. The third-order valence-electron chi connectivity index (χ3n) is 3.91. The molecular weight excluding hydrogens is 230 g/mol. The molecule has 17 heavy (non-hydrogen) atoms. The Morgan fingerprint density at radius 2 is 2.06 bits per heavy atom. The molecule has 3 heteroatoms. The molecule has 2 aliphatic rings. The van der Waals surface area contributed by atoms with Crippen LogP contribution >= 0.6 is 11.8 Å². The third kappa shape index (κ3) is 2.37. The predicted molar refractivity (Wildman–Crippen MR) is 71.3 cm³/mol. The summed E-state index contributed by atoms with van der Waals surface area (Å²) < 4.78 is 0. The van der Waals surface area contributed by atoms with Crippen LogP contribution in [0.5, 0.6) is 0 Å². The van der Waals surface area contributed by atoms with E-state index >= 15 is 0 Å². The minimum atomic E-state index is -0.442. The van der Waals surface area contributed by atoms with Crippen molar-refractivity contribution in [1.29, 1.82) is 0 Å². The van der Waals surface area contributed by atoms with Crippen LogP contribution in [0.3, 0.4) is 0 Å². The number of hydrogen-bond acceptors (Lipinski definition) is 3. The van der Waals surface area contributed by atoms with Crippen molar-refractivity contribution in [2.75, 3.05) is 12.3 Å². The number of fused-ring (bicyclic) bond motifs is 1. The molecule has 0 amide bonds. The van der Waals surface area contributed by atoms with Crippen molar-refractivity contribution < 1.29 is 5.11 Å². The van der Waals surface area contributed by atoms with Crippen LogP contribution in [0.1, 0.15) is 37.3 Å². The maximum atomic E-state index is 10.3. The average molecular weight is 249 g/mol. The predicted octanol–water partition coefficient (Wildman–Crippen LogP) is 2.73. The SMILES string of the molecule is OC1(CNC2CSc3ccccc32)CCCC1. The average Bonchev–Trinajstić information content (AvgIpc) is 2.94. The molecule has 1 fully saturated rings. The zero-order chi connectivity index (χ0) is 11.7. The van der Waals surface area contributed by atoms with Gasteiger partial charge in [-0.1, -0.05) is 31.0 Å². The minimum Gasteiger partial charge on any atom is -0.389 e. The molecule has 0 spiro atoms.